The summed E-state index contributed by atoms with van der Waals surface area (Å²) in [6, 6.07) is 8.36. The zero-order chi connectivity index (χ0) is 19.8. The van der Waals surface area contributed by atoms with Gasteiger partial charge < -0.3 is 0 Å². The Labute approximate surface area is 172 Å². The highest BCUT2D eigenvalue weighted by Crippen LogP contribution is 2.43. The highest BCUT2D eigenvalue weighted by Gasteiger charge is 2.37. The molecule has 148 valence electrons. The minimum atomic E-state index is -1.14. The first kappa shape index (κ1) is 23.6. The van der Waals surface area contributed by atoms with E-state index < -0.39 is 11.0 Å². The first-order chi connectivity index (χ1) is 12.2. The van der Waals surface area contributed by atoms with E-state index in [-0.39, 0.29) is 16.2 Å². The molecule has 1 aromatic carbocycles. The Morgan fingerprint density at radius 2 is 1.77 bits per heavy atom. The van der Waals surface area contributed by atoms with Gasteiger partial charge in [-0.05, 0) is 51.3 Å². The molecule has 0 aliphatic rings. The third-order valence-electron chi connectivity index (χ3n) is 5.12. The number of halogens is 1. The van der Waals surface area contributed by atoms with Gasteiger partial charge in [0, 0.05) is 9.89 Å². The van der Waals surface area contributed by atoms with Gasteiger partial charge in [0.15, 0.2) is 0 Å². The molecule has 4 heteroatoms. The lowest BCUT2D eigenvalue weighted by Gasteiger charge is -2.40. The molecular weight excluding hydrogens is 406 g/mol. The van der Waals surface area contributed by atoms with Gasteiger partial charge in [-0.1, -0.05) is 73.7 Å². The molecule has 0 radical (unpaired) electrons. The largest absolute Gasteiger partial charge is 0.242 e. The SMILES string of the molecule is C=C[C@@](CC)(CCCCCC)[C@H](NS(=O)C(C)(C)C)c1ccc(Br)cc1. The number of unbranched alkanes of at least 4 members (excludes halogenated alkanes) is 3. The topological polar surface area (TPSA) is 29.1 Å². The van der Waals surface area contributed by atoms with Crippen molar-refractivity contribution in [3.63, 3.8) is 0 Å². The van der Waals surface area contributed by atoms with Crippen LogP contribution in [0.3, 0.4) is 0 Å². The lowest BCUT2D eigenvalue weighted by molar-refractivity contribution is 0.246. The van der Waals surface area contributed by atoms with Crippen LogP contribution in [0.5, 0.6) is 0 Å². The predicted molar refractivity (Wildman–Crippen MR) is 120 cm³/mol. The molecule has 26 heavy (non-hydrogen) atoms. The molecule has 0 heterocycles. The molecule has 0 bridgehead atoms. The van der Waals surface area contributed by atoms with Crippen LogP contribution in [0.15, 0.2) is 41.4 Å². The molecule has 0 aromatic heterocycles. The molecule has 1 unspecified atom stereocenters. The monoisotopic (exact) mass is 441 g/mol. The lowest BCUT2D eigenvalue weighted by atomic mass is 9.72. The van der Waals surface area contributed by atoms with Gasteiger partial charge in [-0.2, -0.15) is 0 Å². The normalized spacial score (nSPS) is 16.7. The van der Waals surface area contributed by atoms with E-state index in [1.54, 1.807) is 0 Å². The summed E-state index contributed by atoms with van der Waals surface area (Å²) < 4.78 is 17.1. The van der Waals surface area contributed by atoms with Crippen molar-refractivity contribution in [3.8, 4) is 0 Å². The second kappa shape index (κ2) is 10.8. The van der Waals surface area contributed by atoms with E-state index >= 15 is 0 Å². The maximum Gasteiger partial charge on any atom is 0.0976 e. The minimum Gasteiger partial charge on any atom is -0.242 e. The average molecular weight is 443 g/mol. The summed E-state index contributed by atoms with van der Waals surface area (Å²) in [5.74, 6) is 0. The fourth-order valence-corrected chi connectivity index (χ4v) is 4.43. The number of rotatable bonds is 11. The molecule has 3 atom stereocenters. The van der Waals surface area contributed by atoms with Gasteiger partial charge in [0.2, 0.25) is 0 Å². The standard InChI is InChI=1S/C22H36BrNOS/c1-7-10-11-12-17-22(8-2,9-3)20(24-26(25)21(4,5)6)18-13-15-19(23)16-14-18/h8,13-16,20,24H,2,7,9-12,17H2,1,3-6H3/t20-,22-,26?/m1/s1. The molecule has 0 saturated carbocycles. The number of hydrogen-bond donors (Lipinski definition) is 1. The first-order valence-corrected chi connectivity index (χ1v) is 11.7. The molecule has 0 aliphatic heterocycles. The Morgan fingerprint density at radius 1 is 1.15 bits per heavy atom. The summed E-state index contributed by atoms with van der Waals surface area (Å²) in [6.45, 7) is 14.7. The van der Waals surface area contributed by atoms with Crippen LogP contribution in [-0.4, -0.2) is 8.96 Å². The van der Waals surface area contributed by atoms with Crippen molar-refractivity contribution in [2.75, 3.05) is 0 Å². The Kier molecular flexibility index (Phi) is 9.77. The zero-order valence-corrected chi connectivity index (χ0v) is 19.5. The fraction of sp³-hybridized carbons (Fsp3) is 0.636. The zero-order valence-electron chi connectivity index (χ0n) is 17.1. The molecule has 1 rings (SSSR count). The number of hydrogen-bond acceptors (Lipinski definition) is 1. The van der Waals surface area contributed by atoms with Crippen molar-refractivity contribution in [2.45, 2.75) is 83.9 Å². The molecule has 0 saturated heterocycles. The molecule has 2 nitrogen and oxygen atoms in total. The maximum absolute atomic E-state index is 12.9. The molecule has 0 aliphatic carbocycles. The summed E-state index contributed by atoms with van der Waals surface area (Å²) in [5, 5.41) is 0. The summed E-state index contributed by atoms with van der Waals surface area (Å²) >= 11 is 3.52. The summed E-state index contributed by atoms with van der Waals surface area (Å²) in [4.78, 5) is 0. The van der Waals surface area contributed by atoms with Crippen molar-refractivity contribution in [3.05, 3.63) is 47.0 Å². The molecule has 1 N–H and O–H groups in total. The Bertz CT molecular complexity index is 579. The predicted octanol–water partition coefficient (Wildman–Crippen LogP) is 7.09. The third kappa shape index (κ3) is 6.61. The van der Waals surface area contributed by atoms with E-state index in [0.29, 0.717) is 0 Å². The highest BCUT2D eigenvalue weighted by molar-refractivity contribution is 9.10. The minimum absolute atomic E-state index is 0.0141. The van der Waals surface area contributed by atoms with Crippen LogP contribution in [0.1, 0.15) is 84.7 Å². The highest BCUT2D eigenvalue weighted by atomic mass is 79.9. The number of nitrogens with one attached hydrogen (secondary N) is 1. The molecular formula is C22H36BrNOS. The van der Waals surface area contributed by atoms with Crippen LogP contribution in [0.2, 0.25) is 0 Å². The Balaban J connectivity index is 3.22. The van der Waals surface area contributed by atoms with E-state index in [4.69, 9.17) is 0 Å². The van der Waals surface area contributed by atoms with Crippen LogP contribution in [0, 0.1) is 5.41 Å². The summed E-state index contributed by atoms with van der Waals surface area (Å²) in [7, 11) is -1.14. The van der Waals surface area contributed by atoms with Gasteiger partial charge in [0.1, 0.15) is 0 Å². The fourth-order valence-electron chi connectivity index (χ4n) is 3.23. The Morgan fingerprint density at radius 3 is 2.23 bits per heavy atom. The second-order valence-electron chi connectivity index (χ2n) is 8.09. The van der Waals surface area contributed by atoms with E-state index in [9.17, 15) is 4.21 Å². The van der Waals surface area contributed by atoms with Crippen LogP contribution in [0.4, 0.5) is 0 Å². The molecule has 1 aromatic rings. The Hall–Kier alpha value is -0.450. The van der Waals surface area contributed by atoms with Crippen molar-refractivity contribution in [2.24, 2.45) is 5.41 Å². The molecule has 0 spiro atoms. The van der Waals surface area contributed by atoms with Gasteiger partial charge in [-0.3, -0.25) is 0 Å². The maximum atomic E-state index is 12.9. The summed E-state index contributed by atoms with van der Waals surface area (Å²) in [6.07, 6.45) is 9.03. The van der Waals surface area contributed by atoms with Gasteiger partial charge in [-0.25, -0.2) is 8.93 Å². The van der Waals surface area contributed by atoms with Crippen LogP contribution in [-0.2, 0) is 11.0 Å². The quantitative estimate of drug-likeness (QED) is 0.288. The van der Waals surface area contributed by atoms with E-state index in [1.165, 1.54) is 31.2 Å². The van der Waals surface area contributed by atoms with E-state index in [2.05, 4.69) is 71.4 Å². The second-order valence-corrected chi connectivity index (χ2v) is 11.0. The number of benzene rings is 1. The smallest absolute Gasteiger partial charge is 0.0976 e. The molecule has 0 amide bonds. The van der Waals surface area contributed by atoms with Crippen molar-refractivity contribution < 1.29 is 4.21 Å². The van der Waals surface area contributed by atoms with Crippen molar-refractivity contribution in [1.29, 1.82) is 0 Å². The van der Waals surface area contributed by atoms with Gasteiger partial charge in [0.05, 0.1) is 21.8 Å². The van der Waals surface area contributed by atoms with Crippen LogP contribution in [0.25, 0.3) is 0 Å². The van der Waals surface area contributed by atoms with E-state index in [1.807, 2.05) is 20.8 Å². The van der Waals surface area contributed by atoms with Crippen LogP contribution >= 0.6 is 15.9 Å². The van der Waals surface area contributed by atoms with E-state index in [0.717, 1.165) is 17.3 Å². The van der Waals surface area contributed by atoms with Crippen molar-refractivity contribution in [1.82, 2.24) is 4.72 Å². The van der Waals surface area contributed by atoms with Crippen LogP contribution < -0.4 is 4.72 Å². The van der Waals surface area contributed by atoms with Gasteiger partial charge in [0.25, 0.3) is 0 Å². The molecule has 0 fully saturated rings. The van der Waals surface area contributed by atoms with Crippen molar-refractivity contribution >= 4 is 26.9 Å². The van der Waals surface area contributed by atoms with Gasteiger partial charge >= 0.3 is 0 Å². The third-order valence-corrected chi connectivity index (χ3v) is 7.21. The first-order valence-electron chi connectivity index (χ1n) is 9.77. The lowest BCUT2D eigenvalue weighted by Crippen LogP contribution is -2.42. The average Bonchev–Trinajstić information content (AvgIpc) is 2.61. The van der Waals surface area contributed by atoms with Gasteiger partial charge in [-0.15, -0.1) is 6.58 Å². The summed E-state index contributed by atoms with van der Waals surface area (Å²) in [5.41, 5.74) is 1.06.